The van der Waals surface area contributed by atoms with Crippen molar-refractivity contribution in [3.05, 3.63) is 18.0 Å². The first-order chi connectivity index (χ1) is 9.20. The first-order valence-corrected chi connectivity index (χ1v) is 8.55. The van der Waals surface area contributed by atoms with Gasteiger partial charge in [0.15, 0.2) is 0 Å². The molecule has 0 atom stereocenters. The third-order valence-electron chi connectivity index (χ3n) is 3.17. The summed E-state index contributed by atoms with van der Waals surface area (Å²) in [6, 6.07) is 1.84. The molecular formula is C13H24ClN3O2S. The van der Waals surface area contributed by atoms with E-state index in [2.05, 4.69) is 0 Å². The maximum Gasteiger partial charge on any atom is 0.244 e. The van der Waals surface area contributed by atoms with Crippen molar-refractivity contribution in [3.8, 4) is 0 Å². The number of hydrogen-bond donors (Lipinski definition) is 0. The Balaban J connectivity index is 3.03. The number of hydrogen-bond acceptors (Lipinski definition) is 3. The minimum Gasteiger partial charge on any atom is -0.346 e. The minimum absolute atomic E-state index is 0.180. The monoisotopic (exact) mass is 321 g/mol. The molecule has 0 N–H and O–H groups in total. The van der Waals surface area contributed by atoms with E-state index in [4.69, 9.17) is 11.6 Å². The molecule has 0 spiro atoms. The van der Waals surface area contributed by atoms with Gasteiger partial charge in [-0.15, -0.1) is 11.6 Å². The molecule has 1 aromatic heterocycles. The van der Waals surface area contributed by atoms with Crippen molar-refractivity contribution >= 4 is 21.6 Å². The molecule has 0 bridgehead atoms. The van der Waals surface area contributed by atoms with Crippen molar-refractivity contribution in [2.75, 3.05) is 34.2 Å². The Kier molecular flexibility index (Phi) is 6.06. The van der Waals surface area contributed by atoms with Crippen LogP contribution in [0.15, 0.2) is 17.2 Å². The zero-order valence-electron chi connectivity index (χ0n) is 12.8. The molecular weight excluding hydrogens is 298 g/mol. The summed E-state index contributed by atoms with van der Waals surface area (Å²) in [6.07, 6.45) is 1.67. The van der Waals surface area contributed by atoms with Crippen molar-refractivity contribution < 1.29 is 8.42 Å². The van der Waals surface area contributed by atoms with Crippen LogP contribution < -0.4 is 0 Å². The fourth-order valence-corrected chi connectivity index (χ4v) is 3.30. The summed E-state index contributed by atoms with van der Waals surface area (Å²) in [6.45, 7) is 5.14. The molecule has 7 heteroatoms. The van der Waals surface area contributed by atoms with Crippen LogP contribution >= 0.6 is 11.6 Å². The number of halogens is 1. The molecule has 0 unspecified atom stereocenters. The second-order valence-corrected chi connectivity index (χ2v) is 7.74. The second kappa shape index (κ2) is 6.93. The molecule has 116 valence electrons. The molecule has 1 heterocycles. The summed E-state index contributed by atoms with van der Waals surface area (Å²) in [4.78, 5) is 2.26. The number of rotatable bonds is 7. The maximum absolute atomic E-state index is 12.5. The molecule has 20 heavy (non-hydrogen) atoms. The molecule has 0 amide bonds. The van der Waals surface area contributed by atoms with Gasteiger partial charge in [-0.3, -0.25) is 0 Å². The van der Waals surface area contributed by atoms with Crippen molar-refractivity contribution in [2.24, 2.45) is 0 Å². The maximum atomic E-state index is 12.5. The van der Waals surface area contributed by atoms with Crippen LogP contribution in [0.3, 0.4) is 0 Å². The van der Waals surface area contributed by atoms with Gasteiger partial charge in [-0.1, -0.05) is 0 Å². The summed E-state index contributed by atoms with van der Waals surface area (Å²) >= 11 is 5.89. The molecule has 0 aliphatic rings. The highest BCUT2D eigenvalue weighted by Crippen LogP contribution is 2.22. The lowest BCUT2D eigenvalue weighted by Gasteiger charge is -2.18. The Labute approximate surface area is 127 Å². The molecule has 0 fully saturated rings. The lowest BCUT2D eigenvalue weighted by atomic mass is 10.4. The molecule has 0 radical (unpaired) electrons. The molecule has 1 rings (SSSR count). The summed E-state index contributed by atoms with van der Waals surface area (Å²) in [5.74, 6) is 0.301. The zero-order chi connectivity index (χ0) is 15.5. The van der Waals surface area contributed by atoms with Gasteiger partial charge in [0, 0.05) is 38.1 Å². The third kappa shape index (κ3) is 3.97. The highest BCUT2D eigenvalue weighted by atomic mass is 35.5. The van der Waals surface area contributed by atoms with Gasteiger partial charge in [-0.05, 0) is 34.0 Å². The van der Waals surface area contributed by atoms with E-state index in [1.54, 1.807) is 19.3 Å². The standard InChI is InChI=1S/C13H24ClN3O2S/c1-11(2)17-10-13(8-12(17)9-14)20(18,19)16(5)7-6-15(3)4/h8,10-11H,6-7,9H2,1-5H3. The predicted octanol–water partition coefficient (Wildman–Crippen LogP) is 1.99. The van der Waals surface area contributed by atoms with Crippen LogP contribution in [0.2, 0.25) is 0 Å². The highest BCUT2D eigenvalue weighted by Gasteiger charge is 2.23. The van der Waals surface area contributed by atoms with Gasteiger partial charge in [0.25, 0.3) is 0 Å². The Hall–Kier alpha value is -0.560. The average molecular weight is 322 g/mol. The topological polar surface area (TPSA) is 45.6 Å². The Morgan fingerprint density at radius 2 is 1.85 bits per heavy atom. The fourth-order valence-electron chi connectivity index (χ4n) is 1.87. The van der Waals surface area contributed by atoms with Gasteiger partial charge in [0.05, 0.1) is 5.88 Å². The Morgan fingerprint density at radius 1 is 1.25 bits per heavy atom. The van der Waals surface area contributed by atoms with Crippen LogP contribution in [0, 0.1) is 0 Å². The normalized spacial score (nSPS) is 12.8. The number of alkyl halides is 1. The highest BCUT2D eigenvalue weighted by molar-refractivity contribution is 7.89. The van der Waals surface area contributed by atoms with E-state index in [9.17, 15) is 8.42 Å². The van der Waals surface area contributed by atoms with Crippen molar-refractivity contribution in [3.63, 3.8) is 0 Å². The van der Waals surface area contributed by atoms with Crippen LogP contribution in [0.25, 0.3) is 0 Å². The minimum atomic E-state index is -3.45. The summed E-state index contributed by atoms with van der Waals surface area (Å²) in [5.41, 5.74) is 0.821. The van der Waals surface area contributed by atoms with Crippen LogP contribution in [-0.4, -0.2) is 56.4 Å². The smallest absolute Gasteiger partial charge is 0.244 e. The molecule has 5 nitrogen and oxygen atoms in total. The molecule has 0 saturated heterocycles. The van der Waals surface area contributed by atoms with E-state index in [-0.39, 0.29) is 6.04 Å². The van der Waals surface area contributed by atoms with Gasteiger partial charge in [-0.25, -0.2) is 8.42 Å². The fraction of sp³-hybridized carbons (Fsp3) is 0.692. The Morgan fingerprint density at radius 3 is 2.25 bits per heavy atom. The van der Waals surface area contributed by atoms with Crippen LogP contribution in [-0.2, 0) is 15.9 Å². The van der Waals surface area contributed by atoms with Crippen molar-refractivity contribution in [1.29, 1.82) is 0 Å². The van der Waals surface area contributed by atoms with Gasteiger partial charge in [0.1, 0.15) is 4.90 Å². The predicted molar refractivity (Wildman–Crippen MR) is 82.7 cm³/mol. The number of nitrogens with zero attached hydrogens (tertiary/aromatic N) is 3. The number of likely N-dealkylation sites (N-methyl/N-ethyl adjacent to an activating group) is 2. The van der Waals surface area contributed by atoms with Gasteiger partial charge in [0.2, 0.25) is 10.0 Å². The zero-order valence-corrected chi connectivity index (χ0v) is 14.4. The van der Waals surface area contributed by atoms with E-state index in [0.717, 1.165) is 5.69 Å². The first-order valence-electron chi connectivity index (χ1n) is 6.58. The third-order valence-corrected chi connectivity index (χ3v) is 5.27. The van der Waals surface area contributed by atoms with Crippen LogP contribution in [0.4, 0.5) is 0 Å². The van der Waals surface area contributed by atoms with Crippen LogP contribution in [0.1, 0.15) is 25.6 Å². The largest absolute Gasteiger partial charge is 0.346 e. The lowest BCUT2D eigenvalue weighted by Crippen LogP contribution is -2.33. The molecule has 0 aliphatic heterocycles. The number of sulfonamides is 1. The van der Waals surface area contributed by atoms with E-state index in [1.807, 2.05) is 37.4 Å². The van der Waals surface area contributed by atoms with E-state index >= 15 is 0 Å². The van der Waals surface area contributed by atoms with Crippen molar-refractivity contribution in [2.45, 2.75) is 30.7 Å². The molecule has 0 aliphatic carbocycles. The quantitative estimate of drug-likeness (QED) is 0.721. The summed E-state index contributed by atoms with van der Waals surface area (Å²) in [5, 5.41) is 0. The second-order valence-electron chi connectivity index (χ2n) is 5.43. The van der Waals surface area contributed by atoms with E-state index in [1.165, 1.54) is 4.31 Å². The Bertz CT molecular complexity index is 538. The number of aromatic nitrogens is 1. The van der Waals surface area contributed by atoms with Gasteiger partial charge in [-0.2, -0.15) is 4.31 Å². The van der Waals surface area contributed by atoms with Crippen LogP contribution in [0.5, 0.6) is 0 Å². The molecule has 0 saturated carbocycles. The first kappa shape index (κ1) is 17.5. The van der Waals surface area contributed by atoms with E-state index < -0.39 is 10.0 Å². The van der Waals surface area contributed by atoms with E-state index in [0.29, 0.717) is 23.9 Å². The van der Waals surface area contributed by atoms with Crippen molar-refractivity contribution in [1.82, 2.24) is 13.8 Å². The average Bonchev–Trinajstić information content (AvgIpc) is 2.80. The summed E-state index contributed by atoms with van der Waals surface area (Å²) in [7, 11) is 1.99. The SMILES string of the molecule is CC(C)n1cc(S(=O)(=O)N(C)CCN(C)C)cc1CCl. The molecule has 1 aromatic rings. The molecule has 0 aromatic carbocycles. The lowest BCUT2D eigenvalue weighted by molar-refractivity contribution is 0.358. The van der Waals surface area contributed by atoms with Gasteiger partial charge < -0.3 is 9.47 Å². The van der Waals surface area contributed by atoms with Gasteiger partial charge >= 0.3 is 0 Å². The summed E-state index contributed by atoms with van der Waals surface area (Å²) < 4.78 is 28.3.